The van der Waals surface area contributed by atoms with Gasteiger partial charge >= 0.3 is 12.4 Å². The summed E-state index contributed by atoms with van der Waals surface area (Å²) in [6.45, 7) is 18.5. The van der Waals surface area contributed by atoms with Crippen LogP contribution in [0.25, 0.3) is 33.4 Å². The van der Waals surface area contributed by atoms with E-state index in [9.17, 15) is 55.1 Å². The first-order valence-electron chi connectivity index (χ1n) is 35.0. The average molecular weight is 1480 g/mol. The largest absolute Gasteiger partial charge is 0.417 e. The molecule has 0 spiro atoms. The average Bonchev–Trinajstić information content (AvgIpc) is 1.57. The number of benzene rings is 8. The van der Waals surface area contributed by atoms with E-state index in [1.54, 1.807) is 165 Å². The van der Waals surface area contributed by atoms with Gasteiger partial charge in [0.05, 0.1) is 78.7 Å². The summed E-state index contributed by atoms with van der Waals surface area (Å²) in [5.41, 5.74) is 8.33. The van der Waals surface area contributed by atoms with Crippen LogP contribution >= 0.6 is 0 Å². The predicted octanol–water partition coefficient (Wildman–Crippen LogP) is 19.9. The highest BCUT2D eigenvalue weighted by Crippen LogP contribution is 2.53. The Labute approximate surface area is 630 Å². The maximum atomic E-state index is 13.9. The monoisotopic (exact) mass is 1480 g/mol. The zero-order chi connectivity index (χ0) is 78.5. The lowest BCUT2D eigenvalue weighted by molar-refractivity contribution is -0.138. The summed E-state index contributed by atoms with van der Waals surface area (Å²) in [5, 5.41) is 14.8. The number of hydrogen-bond acceptors (Lipinski definition) is 10. The number of alkyl halides is 6. The molecule has 3 aliphatic rings. The molecule has 12 aromatic rings. The molecular weight excluding hydrogens is 1410 g/mol. The van der Waals surface area contributed by atoms with E-state index in [4.69, 9.17) is 0 Å². The lowest BCUT2D eigenvalue weighted by atomic mass is 9.81. The summed E-state index contributed by atoms with van der Waals surface area (Å²) in [7, 11) is 0. The second-order valence-corrected chi connectivity index (χ2v) is 28.6. The van der Waals surface area contributed by atoms with Gasteiger partial charge in [0.25, 0.3) is 17.7 Å². The van der Waals surface area contributed by atoms with Crippen LogP contribution in [0, 0.1) is 27.7 Å². The molecule has 0 atom stereocenters. The third-order valence-corrected chi connectivity index (χ3v) is 19.8. The third kappa shape index (κ3) is 14.4. The summed E-state index contributed by atoms with van der Waals surface area (Å²) >= 11 is 0. The molecule has 7 heterocycles. The van der Waals surface area contributed by atoms with E-state index >= 15 is 0 Å². The molecule has 8 aromatic carbocycles. The lowest BCUT2D eigenvalue weighted by Crippen LogP contribution is -2.33. The Hall–Kier alpha value is -13.2. The van der Waals surface area contributed by atoms with Crippen molar-refractivity contribution in [2.24, 2.45) is 0 Å². The van der Waals surface area contributed by atoms with Gasteiger partial charge < -0.3 is 16.0 Å². The second-order valence-electron chi connectivity index (χ2n) is 28.6. The van der Waals surface area contributed by atoms with Gasteiger partial charge in [0.1, 0.15) is 11.6 Å². The van der Waals surface area contributed by atoms with Gasteiger partial charge in [-0.2, -0.15) is 31.4 Å². The van der Waals surface area contributed by atoms with Gasteiger partial charge in [-0.25, -0.2) is 4.98 Å². The number of aromatic nitrogens is 5. The first kappa shape index (κ1) is 75.1. The number of halogens is 6. The Balaban J connectivity index is 0.000000145. The number of aryl methyl sites for hydroxylation is 4. The van der Waals surface area contributed by atoms with Gasteiger partial charge in [0.15, 0.2) is 0 Å². The van der Waals surface area contributed by atoms with E-state index in [1.165, 1.54) is 35.4 Å². The van der Waals surface area contributed by atoms with Crippen LogP contribution in [-0.4, -0.2) is 60.6 Å². The van der Waals surface area contributed by atoms with Gasteiger partial charge in [0.2, 0.25) is 17.7 Å². The molecule has 0 saturated carbocycles. The van der Waals surface area contributed by atoms with Crippen molar-refractivity contribution < 1.29 is 55.1 Å². The fraction of sp³-hybridized carbons (Fsp3) is 0.172. The Bertz CT molecular complexity index is 5600. The predicted molar refractivity (Wildman–Crippen MR) is 413 cm³/mol. The molecule has 3 aliphatic heterocycles. The smallest absolute Gasteiger partial charge is 0.322 e. The van der Waals surface area contributed by atoms with Crippen molar-refractivity contribution in [3.63, 3.8) is 0 Å². The SMILES string of the molecule is Cc1ccc(NC(=O)c2cc(-c3cccc4c3C(C)(C)C(=O)N4c3ccccn3)cnc2C)cc1.Cc1ccc(NC(=O)c2cc(-c3cccc4c3C(C)(C)C(=O)N4c3ccn[nH]3)ccc2C(F)(F)F)cc1.Cc1ccc(NC(=O)c2cc(-c3cccc4c3C(C)(C)C(=O)N4c3ccncc3)ccc2C(F)(F)F)cc1. The second kappa shape index (κ2) is 29.2. The number of H-pyrrole nitrogens is 1. The first-order valence-corrected chi connectivity index (χ1v) is 35.0. The van der Waals surface area contributed by atoms with E-state index in [2.05, 4.69) is 41.1 Å². The maximum absolute atomic E-state index is 13.9. The number of anilines is 9. The summed E-state index contributed by atoms with van der Waals surface area (Å²) in [6, 6.07) is 57.1. The molecule has 0 saturated heterocycles. The molecule has 0 radical (unpaired) electrons. The van der Waals surface area contributed by atoms with Crippen LogP contribution in [0.3, 0.4) is 0 Å². The summed E-state index contributed by atoms with van der Waals surface area (Å²) in [6.07, 6.45) is -1.31. The zero-order valence-corrected chi connectivity index (χ0v) is 61.4. The molecule has 15 rings (SSSR count). The summed E-state index contributed by atoms with van der Waals surface area (Å²) < 4.78 is 83.5. The van der Waals surface area contributed by atoms with Crippen molar-refractivity contribution in [2.75, 3.05) is 30.7 Å². The molecule has 0 unspecified atom stereocenters. The van der Waals surface area contributed by atoms with E-state index in [-0.39, 0.29) is 23.6 Å². The number of hydrogen-bond donors (Lipinski definition) is 4. The van der Waals surface area contributed by atoms with E-state index in [0.29, 0.717) is 84.7 Å². The molecule has 4 aromatic heterocycles. The molecule has 110 heavy (non-hydrogen) atoms. The van der Waals surface area contributed by atoms with Crippen LogP contribution in [0.1, 0.15) is 123 Å². The minimum Gasteiger partial charge on any atom is -0.322 e. The number of rotatable bonds is 12. The number of amides is 6. The van der Waals surface area contributed by atoms with Crippen LogP contribution in [0.2, 0.25) is 0 Å². The van der Waals surface area contributed by atoms with Crippen molar-refractivity contribution in [3.05, 3.63) is 304 Å². The van der Waals surface area contributed by atoms with Crippen LogP contribution in [0.4, 0.5) is 77.8 Å². The van der Waals surface area contributed by atoms with Crippen LogP contribution in [-0.2, 0) is 43.0 Å². The number of carbonyl (C=O) groups is 6. The number of carbonyl (C=O) groups excluding carboxylic acids is 6. The number of nitrogens with one attached hydrogen (secondary N) is 4. The fourth-order valence-corrected chi connectivity index (χ4v) is 14.1. The van der Waals surface area contributed by atoms with Gasteiger partial charge in [-0.1, -0.05) is 108 Å². The first-order chi connectivity index (χ1) is 52.2. The van der Waals surface area contributed by atoms with Gasteiger partial charge in [-0.3, -0.25) is 58.5 Å². The van der Waals surface area contributed by atoms with Crippen molar-refractivity contribution in [2.45, 2.75) is 97.8 Å². The van der Waals surface area contributed by atoms with Crippen LogP contribution in [0.5, 0.6) is 0 Å². The standard InChI is InChI=1S/C30H24F3N3O2.C29H26N4O2.C28H23F3N4O2/c1-18-7-10-20(11-8-18)35-27(37)23-17-19(9-12-24(23)30(31,32)33)22-5-4-6-25-26(22)29(2,3)28(38)36(25)21-13-15-34-16-14-21;1-18-11-13-21(14-12-18)32-27(34)23-16-20(17-31-19(23)2)22-8-7-9-24-26(22)29(3,4)28(35)33(24)25-10-5-6-15-30-25;1-16-7-10-18(11-8-16)33-25(36)20-15-17(9-12-21(20)28(29,30)31)19-5-4-6-22-24(19)27(2,3)26(37)35(22)23-13-14-32-34-23/h4-17H,1-3H3,(H,35,37);5-17H,1-4H3,(H,32,34);4-15H,1-3H3,(H,32,34)(H,33,36). The zero-order valence-electron chi connectivity index (χ0n) is 61.4. The van der Waals surface area contributed by atoms with E-state index in [1.807, 2.05) is 108 Å². The fourth-order valence-electron chi connectivity index (χ4n) is 14.1. The highest BCUT2D eigenvalue weighted by atomic mass is 19.4. The molecule has 0 bridgehead atoms. The van der Waals surface area contributed by atoms with Gasteiger partial charge in [-0.05, 0) is 223 Å². The van der Waals surface area contributed by atoms with E-state index < -0.39 is 62.7 Å². The Kier molecular flexibility index (Phi) is 19.9. The summed E-state index contributed by atoms with van der Waals surface area (Å²) in [4.78, 5) is 97.6. The van der Waals surface area contributed by atoms with E-state index in [0.717, 1.165) is 56.9 Å². The van der Waals surface area contributed by atoms with Crippen LogP contribution < -0.4 is 30.7 Å². The third-order valence-electron chi connectivity index (χ3n) is 19.8. The quantitative estimate of drug-likeness (QED) is 0.0849. The molecule has 0 aliphatic carbocycles. The van der Waals surface area contributed by atoms with Gasteiger partial charge in [0, 0.05) is 53.5 Å². The Morgan fingerprint density at radius 1 is 0.400 bits per heavy atom. The topological polar surface area (TPSA) is 216 Å². The molecule has 6 amide bonds. The highest BCUT2D eigenvalue weighted by Gasteiger charge is 2.50. The highest BCUT2D eigenvalue weighted by molar-refractivity contribution is 6.17. The minimum absolute atomic E-state index is 0.0453. The Morgan fingerprint density at radius 2 is 0.800 bits per heavy atom. The maximum Gasteiger partial charge on any atom is 0.417 e. The van der Waals surface area contributed by atoms with Gasteiger partial charge in [-0.15, -0.1) is 0 Å². The normalized spacial score (nSPS) is 14.3. The van der Waals surface area contributed by atoms with Crippen molar-refractivity contribution in [1.82, 2.24) is 25.1 Å². The minimum atomic E-state index is -4.73. The molecule has 4 N–H and O–H groups in total. The molecule has 0 fully saturated rings. The number of nitrogens with zero attached hydrogens (tertiary/aromatic N) is 7. The molecular formula is C87H73F6N11O6. The van der Waals surface area contributed by atoms with Crippen molar-refractivity contribution in [1.29, 1.82) is 0 Å². The van der Waals surface area contributed by atoms with Crippen molar-refractivity contribution in [3.8, 4) is 33.4 Å². The lowest BCUT2D eigenvalue weighted by Gasteiger charge is -2.21. The number of aromatic amines is 1. The number of pyridine rings is 3. The molecule has 554 valence electrons. The summed E-state index contributed by atoms with van der Waals surface area (Å²) in [5.74, 6) is -1.32. The van der Waals surface area contributed by atoms with Crippen molar-refractivity contribution >= 4 is 86.9 Å². The molecule has 23 heteroatoms. The van der Waals surface area contributed by atoms with Crippen LogP contribution in [0.15, 0.2) is 237 Å². The molecule has 17 nitrogen and oxygen atoms in total. The Morgan fingerprint density at radius 3 is 1.22 bits per heavy atom. The number of fused-ring (bicyclic) bond motifs is 3.